The van der Waals surface area contributed by atoms with E-state index in [0.29, 0.717) is 19.3 Å². The van der Waals surface area contributed by atoms with Gasteiger partial charge in [0.25, 0.3) is 0 Å². The zero-order chi connectivity index (χ0) is 15.3. The molecule has 1 atom stereocenters. The molecule has 0 rings (SSSR count). The monoisotopic (exact) mass is 282 g/mol. The molecule has 1 unspecified atom stereocenters. The third-order valence-corrected chi connectivity index (χ3v) is 3.61. The number of alkyl halides is 3. The van der Waals surface area contributed by atoms with Gasteiger partial charge < -0.3 is 4.74 Å². The first-order valence-corrected chi connectivity index (χ1v) is 6.80. The Hall–Kier alpha value is -0.740. The Bertz CT molecular complexity index is 298. The minimum atomic E-state index is -4.54. The number of ether oxygens (including phenoxy) is 1. The van der Waals surface area contributed by atoms with Crippen molar-refractivity contribution in [2.45, 2.75) is 78.5 Å². The molecule has 0 heterocycles. The number of unbranched alkanes of at least 4 members (excludes halogenated alkanes) is 2. The van der Waals surface area contributed by atoms with E-state index in [0.717, 1.165) is 13.3 Å². The van der Waals surface area contributed by atoms with Crippen molar-refractivity contribution in [2.75, 3.05) is 0 Å². The van der Waals surface area contributed by atoms with Gasteiger partial charge in [0.15, 0.2) is 0 Å². The number of rotatable bonds is 7. The van der Waals surface area contributed by atoms with Crippen LogP contribution in [0.5, 0.6) is 0 Å². The quantitative estimate of drug-likeness (QED) is 0.492. The van der Waals surface area contributed by atoms with Gasteiger partial charge in [0.2, 0.25) is 5.60 Å². The molecular formula is C14H25F3O2. The minimum Gasteiger partial charge on any atom is -0.449 e. The molecule has 0 aromatic rings. The highest BCUT2D eigenvalue weighted by molar-refractivity contribution is 5.76. The van der Waals surface area contributed by atoms with Crippen LogP contribution in [0, 0.1) is 5.41 Å². The fourth-order valence-corrected chi connectivity index (χ4v) is 1.45. The van der Waals surface area contributed by atoms with Crippen molar-refractivity contribution in [3.63, 3.8) is 0 Å². The summed E-state index contributed by atoms with van der Waals surface area (Å²) in [6.07, 6.45) is -2.38. The Balaban J connectivity index is 4.93. The molecule has 0 radical (unpaired) electrons. The molecule has 0 aliphatic heterocycles. The van der Waals surface area contributed by atoms with Gasteiger partial charge in [-0.15, -0.1) is 0 Å². The largest absolute Gasteiger partial charge is 0.449 e. The molecule has 0 aromatic carbocycles. The van der Waals surface area contributed by atoms with Gasteiger partial charge in [-0.1, -0.05) is 26.7 Å². The molecule has 0 amide bonds. The minimum absolute atomic E-state index is 0.185. The van der Waals surface area contributed by atoms with Crippen LogP contribution in [0.15, 0.2) is 0 Å². The van der Waals surface area contributed by atoms with Crippen molar-refractivity contribution in [1.82, 2.24) is 0 Å². The van der Waals surface area contributed by atoms with E-state index in [2.05, 4.69) is 0 Å². The summed E-state index contributed by atoms with van der Waals surface area (Å²) in [7, 11) is 0. The van der Waals surface area contributed by atoms with E-state index >= 15 is 0 Å². The third kappa shape index (κ3) is 5.03. The summed E-state index contributed by atoms with van der Waals surface area (Å²) in [6.45, 7) is 7.82. The fraction of sp³-hybridized carbons (Fsp3) is 0.929. The van der Waals surface area contributed by atoms with E-state index < -0.39 is 23.2 Å². The van der Waals surface area contributed by atoms with Gasteiger partial charge >= 0.3 is 12.1 Å². The number of hydrogen-bond donors (Lipinski definition) is 0. The smallest absolute Gasteiger partial charge is 0.428 e. The summed E-state index contributed by atoms with van der Waals surface area (Å²) in [5.41, 5.74) is -3.27. The summed E-state index contributed by atoms with van der Waals surface area (Å²) >= 11 is 0. The maximum absolute atomic E-state index is 13.1. The Morgan fingerprint density at radius 3 is 1.95 bits per heavy atom. The van der Waals surface area contributed by atoms with Crippen LogP contribution in [0.3, 0.4) is 0 Å². The molecule has 0 aromatic heterocycles. The van der Waals surface area contributed by atoms with Gasteiger partial charge in [-0.3, -0.25) is 4.79 Å². The zero-order valence-corrected chi connectivity index (χ0v) is 12.5. The molecule has 2 nitrogen and oxygen atoms in total. The van der Waals surface area contributed by atoms with Gasteiger partial charge in [-0.2, -0.15) is 13.2 Å². The van der Waals surface area contributed by atoms with Crippen LogP contribution in [-0.2, 0) is 9.53 Å². The maximum Gasteiger partial charge on any atom is 0.428 e. The zero-order valence-electron chi connectivity index (χ0n) is 12.5. The number of hydrogen-bond acceptors (Lipinski definition) is 2. The van der Waals surface area contributed by atoms with Gasteiger partial charge in [0, 0.05) is 0 Å². The van der Waals surface area contributed by atoms with E-state index in [9.17, 15) is 18.0 Å². The molecule has 0 spiro atoms. The molecule has 5 heteroatoms. The molecule has 0 saturated carbocycles. The fourth-order valence-electron chi connectivity index (χ4n) is 1.45. The first kappa shape index (κ1) is 18.3. The van der Waals surface area contributed by atoms with Crippen LogP contribution >= 0.6 is 0 Å². The average Bonchev–Trinajstić information content (AvgIpc) is 2.27. The van der Waals surface area contributed by atoms with Crippen molar-refractivity contribution in [3.8, 4) is 0 Å². The summed E-state index contributed by atoms with van der Waals surface area (Å²) < 4.78 is 44.2. The molecule has 114 valence electrons. The van der Waals surface area contributed by atoms with Gasteiger partial charge in [-0.25, -0.2) is 0 Å². The van der Waals surface area contributed by atoms with E-state index in [1.54, 1.807) is 20.8 Å². The third-order valence-electron chi connectivity index (χ3n) is 3.61. The Morgan fingerprint density at radius 1 is 1.05 bits per heavy atom. The molecular weight excluding hydrogens is 257 g/mol. The lowest BCUT2D eigenvalue weighted by Gasteiger charge is -2.34. The summed E-state index contributed by atoms with van der Waals surface area (Å²) in [4.78, 5) is 11.9. The number of esters is 1. The van der Waals surface area contributed by atoms with Crippen LogP contribution in [0.2, 0.25) is 0 Å². The van der Waals surface area contributed by atoms with E-state index in [1.807, 2.05) is 6.92 Å². The Kier molecular flexibility index (Phi) is 6.36. The van der Waals surface area contributed by atoms with Gasteiger partial charge in [0.1, 0.15) is 0 Å². The molecule has 0 N–H and O–H groups in total. The average molecular weight is 282 g/mol. The lowest BCUT2D eigenvalue weighted by atomic mass is 9.89. The van der Waals surface area contributed by atoms with E-state index in [4.69, 9.17) is 4.74 Å². The van der Waals surface area contributed by atoms with Crippen molar-refractivity contribution < 1.29 is 22.7 Å². The van der Waals surface area contributed by atoms with Crippen LogP contribution < -0.4 is 0 Å². The van der Waals surface area contributed by atoms with Gasteiger partial charge in [-0.05, 0) is 40.0 Å². The number of halogens is 3. The van der Waals surface area contributed by atoms with Crippen molar-refractivity contribution in [2.24, 2.45) is 5.41 Å². The summed E-state index contributed by atoms with van der Waals surface area (Å²) in [5.74, 6) is -0.786. The standard InChI is InChI=1S/C14H25F3O2/c1-6-8-9-10-13(5,14(15,16)17)19-11(18)12(3,4)7-2/h6-10H2,1-5H3. The molecule has 0 fully saturated rings. The maximum atomic E-state index is 13.1. The second-order valence-electron chi connectivity index (χ2n) is 5.81. The second-order valence-corrected chi connectivity index (χ2v) is 5.81. The second kappa shape index (κ2) is 6.62. The van der Waals surface area contributed by atoms with E-state index in [1.165, 1.54) is 0 Å². The molecule has 0 saturated heterocycles. The predicted octanol–water partition coefficient (Wildman–Crippen LogP) is 4.87. The molecule has 0 bridgehead atoms. The summed E-state index contributed by atoms with van der Waals surface area (Å²) in [5, 5.41) is 0. The molecule has 19 heavy (non-hydrogen) atoms. The lowest BCUT2D eigenvalue weighted by molar-refractivity contribution is -0.269. The first-order valence-electron chi connectivity index (χ1n) is 6.80. The number of carbonyl (C=O) groups is 1. The van der Waals surface area contributed by atoms with Crippen molar-refractivity contribution >= 4 is 5.97 Å². The van der Waals surface area contributed by atoms with Crippen LogP contribution in [0.4, 0.5) is 13.2 Å². The molecule has 0 aliphatic rings. The van der Waals surface area contributed by atoms with Crippen molar-refractivity contribution in [1.29, 1.82) is 0 Å². The first-order chi connectivity index (χ1) is 8.50. The highest BCUT2D eigenvalue weighted by Gasteiger charge is 2.54. The normalized spacial score (nSPS) is 16.0. The van der Waals surface area contributed by atoms with E-state index in [-0.39, 0.29) is 6.42 Å². The topological polar surface area (TPSA) is 26.3 Å². The number of carbonyl (C=O) groups excluding carboxylic acids is 1. The van der Waals surface area contributed by atoms with Crippen molar-refractivity contribution in [3.05, 3.63) is 0 Å². The predicted molar refractivity (Wildman–Crippen MR) is 68.8 cm³/mol. The highest BCUT2D eigenvalue weighted by Crippen LogP contribution is 2.39. The molecule has 0 aliphatic carbocycles. The summed E-state index contributed by atoms with van der Waals surface area (Å²) in [6, 6.07) is 0. The van der Waals surface area contributed by atoms with Crippen LogP contribution in [0.1, 0.15) is 66.7 Å². The lowest BCUT2D eigenvalue weighted by Crippen LogP contribution is -2.48. The van der Waals surface area contributed by atoms with Crippen LogP contribution in [0.25, 0.3) is 0 Å². The highest BCUT2D eigenvalue weighted by atomic mass is 19.4. The SMILES string of the molecule is CCCCCC(C)(OC(=O)C(C)(C)CC)C(F)(F)F. The van der Waals surface area contributed by atoms with Gasteiger partial charge in [0.05, 0.1) is 5.41 Å². The Morgan fingerprint density at radius 2 is 1.58 bits per heavy atom. The van der Waals surface area contributed by atoms with Crippen LogP contribution in [-0.4, -0.2) is 17.7 Å². The Labute approximate surface area is 113 Å².